The molecule has 0 aliphatic heterocycles. The molecule has 13 heavy (non-hydrogen) atoms. The fourth-order valence-electron chi connectivity index (χ4n) is 0.764. The van der Waals surface area contributed by atoms with E-state index in [1.165, 1.54) is 6.07 Å². The highest BCUT2D eigenvalue weighted by molar-refractivity contribution is 14.1. The summed E-state index contributed by atoms with van der Waals surface area (Å²) in [6.45, 7) is 0. The maximum absolute atomic E-state index is 12.2. The molecule has 0 radical (unpaired) electrons. The highest BCUT2D eigenvalue weighted by Crippen LogP contribution is 2.36. The van der Waals surface area contributed by atoms with Crippen molar-refractivity contribution >= 4 is 38.5 Å². The van der Waals surface area contributed by atoms with E-state index in [4.69, 9.17) is 5.26 Å². The maximum Gasteiger partial charge on any atom is 0.432 e. The molecule has 0 saturated heterocycles. The van der Waals surface area contributed by atoms with Crippen LogP contribution in [0.4, 0.5) is 13.2 Å². The first-order valence-electron chi connectivity index (χ1n) is 2.92. The number of nitriles is 1. The van der Waals surface area contributed by atoms with E-state index in [0.717, 1.165) is 0 Å². The Kier molecular flexibility index (Phi) is 2.91. The van der Waals surface area contributed by atoms with Crippen molar-refractivity contribution in [3.8, 4) is 6.07 Å². The molecule has 1 heterocycles. The zero-order valence-corrected chi connectivity index (χ0v) is 9.58. The summed E-state index contributed by atoms with van der Waals surface area (Å²) in [4.78, 5) is 2.10. The van der Waals surface area contributed by atoms with Crippen molar-refractivity contribution in [3.63, 3.8) is 0 Å². The van der Waals surface area contributed by atoms with Crippen molar-refractivity contribution in [1.82, 2.24) is 4.98 Å². The third-order valence-electron chi connectivity index (χ3n) is 1.29. The van der Waals surface area contributed by atoms with Crippen LogP contribution >= 0.6 is 38.5 Å². The Morgan fingerprint density at radius 3 is 2.31 bits per heavy atom. The molecule has 0 bridgehead atoms. The zero-order valence-electron chi connectivity index (χ0n) is 5.84. The van der Waals surface area contributed by atoms with E-state index in [9.17, 15) is 13.2 Å². The lowest BCUT2D eigenvalue weighted by atomic mass is 10.2. The molecule has 0 fully saturated rings. The minimum Gasteiger partial charge on any atom is -0.344 e. The van der Waals surface area contributed by atoms with Crippen LogP contribution in [0.25, 0.3) is 0 Å². The van der Waals surface area contributed by atoms with Gasteiger partial charge in [0.15, 0.2) is 0 Å². The number of alkyl halides is 3. The topological polar surface area (TPSA) is 39.6 Å². The summed E-state index contributed by atoms with van der Waals surface area (Å²) in [5.41, 5.74) is -1.41. The molecule has 1 aromatic heterocycles. The Morgan fingerprint density at radius 2 is 2.00 bits per heavy atom. The molecule has 0 aliphatic rings. The summed E-state index contributed by atoms with van der Waals surface area (Å²) in [5.74, 6) is 0. The molecule has 0 unspecified atom stereocenters. The lowest BCUT2D eigenvalue weighted by Crippen LogP contribution is -2.07. The number of aromatic nitrogens is 1. The van der Waals surface area contributed by atoms with E-state index in [-0.39, 0.29) is 8.17 Å². The van der Waals surface area contributed by atoms with Gasteiger partial charge in [-0.25, -0.2) is 0 Å². The summed E-state index contributed by atoms with van der Waals surface area (Å²) in [6.07, 6.45) is -4.52. The normalized spacial score (nSPS) is 11.4. The van der Waals surface area contributed by atoms with E-state index < -0.39 is 17.4 Å². The molecule has 70 valence electrons. The molecule has 1 rings (SSSR count). The van der Waals surface area contributed by atoms with E-state index >= 15 is 0 Å². The van der Waals surface area contributed by atoms with Crippen molar-refractivity contribution in [2.75, 3.05) is 0 Å². The van der Waals surface area contributed by atoms with E-state index in [1.54, 1.807) is 22.6 Å². The maximum atomic E-state index is 12.2. The monoisotopic (exact) mass is 364 g/mol. The predicted octanol–water partition coefficient (Wildman–Crippen LogP) is 3.27. The van der Waals surface area contributed by atoms with E-state index in [0.29, 0.717) is 0 Å². The molecule has 1 aromatic rings. The second-order valence-corrected chi connectivity index (χ2v) is 3.98. The number of nitrogens with one attached hydrogen (secondary N) is 1. The molecule has 0 atom stereocenters. The van der Waals surface area contributed by atoms with Gasteiger partial charge in [0.05, 0.1) is 13.7 Å². The van der Waals surface area contributed by atoms with Crippen LogP contribution < -0.4 is 0 Å². The van der Waals surface area contributed by atoms with Crippen molar-refractivity contribution < 1.29 is 13.2 Å². The van der Waals surface area contributed by atoms with Crippen LogP contribution in [-0.2, 0) is 6.18 Å². The molecule has 0 saturated carbocycles. The lowest BCUT2D eigenvalue weighted by molar-refractivity contribution is -0.141. The van der Waals surface area contributed by atoms with Crippen molar-refractivity contribution in [3.05, 3.63) is 19.4 Å². The molecule has 7 heteroatoms. The van der Waals surface area contributed by atoms with Gasteiger partial charge in [0.25, 0.3) is 0 Å². The Bertz CT molecular complexity index is 376. The van der Waals surface area contributed by atoms with E-state index in [1.807, 2.05) is 0 Å². The average Bonchev–Trinajstić information content (AvgIpc) is 2.28. The number of halogens is 5. The molecule has 0 spiro atoms. The number of hydrogen-bond acceptors (Lipinski definition) is 1. The molecule has 0 aliphatic carbocycles. The Hall–Kier alpha value is -0.230. The molecule has 0 amide bonds. The molecule has 2 nitrogen and oxygen atoms in total. The van der Waals surface area contributed by atoms with Gasteiger partial charge in [-0.15, -0.1) is 0 Å². The van der Waals surface area contributed by atoms with Gasteiger partial charge in [-0.3, -0.25) is 0 Å². The van der Waals surface area contributed by atoms with Crippen molar-refractivity contribution in [1.29, 1.82) is 5.26 Å². The van der Waals surface area contributed by atoms with Gasteiger partial charge < -0.3 is 4.98 Å². The van der Waals surface area contributed by atoms with Crippen LogP contribution in [0, 0.1) is 15.0 Å². The van der Waals surface area contributed by atoms with Crippen LogP contribution in [0.15, 0.2) is 4.47 Å². The second-order valence-electron chi connectivity index (χ2n) is 2.11. The standard InChI is InChI=1S/C6HBrF3IN2/c7-3-2(1-12)4(6(8,9)10)13-5(3)11/h13H. The van der Waals surface area contributed by atoms with Gasteiger partial charge in [0, 0.05) is 0 Å². The van der Waals surface area contributed by atoms with Gasteiger partial charge in [-0.2, -0.15) is 18.4 Å². The van der Waals surface area contributed by atoms with Gasteiger partial charge in [0.2, 0.25) is 0 Å². The van der Waals surface area contributed by atoms with Gasteiger partial charge in [-0.05, 0) is 38.5 Å². The number of rotatable bonds is 0. The van der Waals surface area contributed by atoms with Crippen LogP contribution in [0.3, 0.4) is 0 Å². The van der Waals surface area contributed by atoms with Crippen LogP contribution in [-0.4, -0.2) is 4.98 Å². The molecule has 1 N–H and O–H groups in total. The fraction of sp³-hybridized carbons (Fsp3) is 0.167. The fourth-order valence-corrected chi connectivity index (χ4v) is 1.69. The Morgan fingerprint density at radius 1 is 1.46 bits per heavy atom. The van der Waals surface area contributed by atoms with Gasteiger partial charge in [-0.1, -0.05) is 0 Å². The highest BCUT2D eigenvalue weighted by Gasteiger charge is 2.37. The predicted molar refractivity (Wildman–Crippen MR) is 50.9 cm³/mol. The van der Waals surface area contributed by atoms with Crippen molar-refractivity contribution in [2.45, 2.75) is 6.18 Å². The second kappa shape index (κ2) is 3.49. The summed E-state index contributed by atoms with van der Waals surface area (Å²) >= 11 is 4.57. The molecule has 0 aromatic carbocycles. The third-order valence-corrected chi connectivity index (χ3v) is 3.64. The first-order valence-corrected chi connectivity index (χ1v) is 4.79. The third kappa shape index (κ3) is 1.99. The smallest absolute Gasteiger partial charge is 0.344 e. The Labute approximate surface area is 93.4 Å². The van der Waals surface area contributed by atoms with Gasteiger partial charge >= 0.3 is 6.18 Å². The van der Waals surface area contributed by atoms with Crippen molar-refractivity contribution in [2.24, 2.45) is 0 Å². The summed E-state index contributed by atoms with van der Waals surface area (Å²) in [6, 6.07) is 1.49. The minimum absolute atomic E-state index is 0.155. The van der Waals surface area contributed by atoms with E-state index in [2.05, 4.69) is 20.9 Å². The lowest BCUT2D eigenvalue weighted by Gasteiger charge is -2.02. The summed E-state index contributed by atoms with van der Waals surface area (Å²) in [5, 5.41) is 8.47. The average molecular weight is 365 g/mol. The highest BCUT2D eigenvalue weighted by atomic mass is 127. The quantitative estimate of drug-likeness (QED) is 0.705. The Balaban J connectivity index is 3.41. The number of nitrogens with zero attached hydrogens (tertiary/aromatic N) is 1. The zero-order chi connectivity index (χ0) is 10.2. The number of hydrogen-bond donors (Lipinski definition) is 1. The largest absolute Gasteiger partial charge is 0.432 e. The number of H-pyrrole nitrogens is 1. The first-order chi connectivity index (χ1) is 5.88. The SMILES string of the molecule is N#Cc1c(C(F)(F)F)[nH]c(I)c1Br. The molecular weight excluding hydrogens is 364 g/mol. The van der Waals surface area contributed by atoms with Gasteiger partial charge in [0.1, 0.15) is 11.8 Å². The summed E-state index contributed by atoms with van der Waals surface area (Å²) < 4.78 is 37.1. The van der Waals surface area contributed by atoms with Crippen LogP contribution in [0.1, 0.15) is 11.3 Å². The minimum atomic E-state index is -4.52. The number of aromatic amines is 1. The molecular formula is C6HBrF3IN2. The first kappa shape index (κ1) is 10.8. The summed E-state index contributed by atoms with van der Waals surface area (Å²) in [7, 11) is 0. The van der Waals surface area contributed by atoms with Crippen LogP contribution in [0.5, 0.6) is 0 Å². The van der Waals surface area contributed by atoms with Crippen LogP contribution in [0.2, 0.25) is 0 Å².